The molecule has 3 aromatic rings. The van der Waals surface area contributed by atoms with Crippen LogP contribution in [0.4, 0.5) is 33.5 Å². The average Bonchev–Trinajstić information content (AvgIpc) is 3.04. The lowest BCUT2D eigenvalue weighted by molar-refractivity contribution is -0.192. The lowest BCUT2D eigenvalue weighted by atomic mass is 10.1. The molecule has 188 valence electrons. The molecule has 0 aliphatic carbocycles. The highest BCUT2D eigenvalue weighted by molar-refractivity contribution is 7.17. The third-order valence-corrected chi connectivity index (χ3v) is 5.74. The van der Waals surface area contributed by atoms with Crippen molar-refractivity contribution in [3.8, 4) is 0 Å². The van der Waals surface area contributed by atoms with E-state index in [9.17, 15) is 26.7 Å². The number of alkyl halides is 5. The van der Waals surface area contributed by atoms with Crippen LogP contribution in [-0.2, 0) is 4.79 Å². The molecule has 4 rings (SSSR count). The second kappa shape index (κ2) is 11.4. The predicted molar refractivity (Wildman–Crippen MR) is 120 cm³/mol. The fraction of sp³-hybridized carbons (Fsp3) is 0.333. The zero-order valence-corrected chi connectivity index (χ0v) is 18.8. The number of amides is 1. The van der Waals surface area contributed by atoms with Crippen molar-refractivity contribution in [1.29, 1.82) is 0 Å². The lowest BCUT2D eigenvalue weighted by Crippen LogP contribution is -2.28. The molecule has 0 atom stereocenters. The number of aromatic nitrogens is 2. The van der Waals surface area contributed by atoms with Gasteiger partial charge in [-0.1, -0.05) is 18.2 Å². The Balaban J connectivity index is 0.000000429. The van der Waals surface area contributed by atoms with Gasteiger partial charge in [0.05, 0.1) is 11.8 Å². The number of carbonyl (C=O) groups excluding carboxylic acids is 1. The molecule has 0 saturated carbocycles. The van der Waals surface area contributed by atoms with Crippen LogP contribution in [0, 0.1) is 0 Å². The molecular weight excluding hydrogens is 497 g/mol. The van der Waals surface area contributed by atoms with Gasteiger partial charge in [0.1, 0.15) is 16.2 Å². The average molecular weight is 517 g/mol. The van der Waals surface area contributed by atoms with Gasteiger partial charge >= 0.3 is 12.1 Å². The number of para-hydroxylation sites is 1. The molecule has 1 saturated heterocycles. The maximum atomic E-state index is 13.2. The molecule has 1 aliphatic heterocycles. The number of benzene rings is 1. The number of thiophene rings is 1. The molecule has 0 spiro atoms. The number of hydrogen-bond donors (Lipinski definition) is 3. The zero-order valence-electron chi connectivity index (χ0n) is 18.0. The fourth-order valence-electron chi connectivity index (χ4n) is 3.18. The summed E-state index contributed by atoms with van der Waals surface area (Å²) in [7, 11) is 0. The predicted octanol–water partition coefficient (Wildman–Crippen LogP) is 4.31. The molecule has 3 heterocycles. The number of halogens is 5. The molecule has 0 radical (unpaired) electrons. The molecule has 1 aromatic carbocycles. The number of fused-ring (bicyclic) bond motifs is 1. The minimum atomic E-state index is -5.08. The Morgan fingerprint density at radius 3 is 2.57 bits per heavy atom. The van der Waals surface area contributed by atoms with Gasteiger partial charge in [0, 0.05) is 36.3 Å². The SMILES string of the molecule is O=C(Nc1ccccc1C(F)F)c1csc2ncc(N3CCCNCC3)nc12.O=C(O)C(F)(F)F. The summed E-state index contributed by atoms with van der Waals surface area (Å²) >= 11 is 1.31. The third-order valence-electron chi connectivity index (χ3n) is 4.87. The Hall–Kier alpha value is -3.39. The van der Waals surface area contributed by atoms with E-state index in [2.05, 4.69) is 25.5 Å². The van der Waals surface area contributed by atoms with E-state index in [0.29, 0.717) is 15.9 Å². The van der Waals surface area contributed by atoms with Crippen molar-refractivity contribution in [2.45, 2.75) is 19.0 Å². The molecule has 1 amide bonds. The maximum absolute atomic E-state index is 13.2. The number of hydrogen-bond acceptors (Lipinski definition) is 7. The molecule has 0 bridgehead atoms. The molecule has 14 heteroatoms. The van der Waals surface area contributed by atoms with Gasteiger partial charge in [-0.25, -0.2) is 23.5 Å². The van der Waals surface area contributed by atoms with Crippen LogP contribution in [-0.4, -0.2) is 59.3 Å². The molecule has 1 aliphatic rings. The zero-order chi connectivity index (χ0) is 25.6. The number of carboxylic acids is 1. The van der Waals surface area contributed by atoms with Gasteiger partial charge in [-0.3, -0.25) is 4.79 Å². The van der Waals surface area contributed by atoms with Crippen molar-refractivity contribution in [1.82, 2.24) is 15.3 Å². The molecule has 35 heavy (non-hydrogen) atoms. The van der Waals surface area contributed by atoms with Gasteiger partial charge in [0.15, 0.2) is 0 Å². The maximum Gasteiger partial charge on any atom is 0.490 e. The van der Waals surface area contributed by atoms with Crippen LogP contribution in [0.15, 0.2) is 35.8 Å². The Bertz CT molecular complexity index is 1180. The summed E-state index contributed by atoms with van der Waals surface area (Å²) in [6.07, 6.45) is -5.03. The summed E-state index contributed by atoms with van der Waals surface area (Å²) in [6, 6.07) is 5.90. The summed E-state index contributed by atoms with van der Waals surface area (Å²) in [4.78, 5) is 33.5. The van der Waals surface area contributed by atoms with E-state index < -0.39 is 24.5 Å². The van der Waals surface area contributed by atoms with E-state index in [1.807, 2.05) is 0 Å². The Labute approximate surface area is 199 Å². The number of rotatable bonds is 4. The summed E-state index contributed by atoms with van der Waals surface area (Å²) in [5.74, 6) is -2.51. The topological polar surface area (TPSA) is 107 Å². The van der Waals surface area contributed by atoms with Crippen LogP contribution in [0.25, 0.3) is 10.3 Å². The number of carbonyl (C=O) groups is 2. The molecule has 8 nitrogen and oxygen atoms in total. The van der Waals surface area contributed by atoms with E-state index in [0.717, 1.165) is 38.4 Å². The minimum Gasteiger partial charge on any atom is -0.475 e. The first-order valence-electron chi connectivity index (χ1n) is 10.3. The molecule has 3 N–H and O–H groups in total. The van der Waals surface area contributed by atoms with Crippen molar-refractivity contribution < 1.29 is 36.6 Å². The standard InChI is InChI=1S/C19H19F2N5OS.C2HF3O2/c20-17(21)12-4-1-2-5-14(12)24-18(27)13-11-28-19-16(13)25-15(10-23-19)26-8-3-6-22-7-9-26;3-2(4,5)1(6)7/h1-2,4-5,10-11,17,22H,3,6-9H2,(H,24,27);(H,6,7). The molecule has 1 fully saturated rings. The van der Waals surface area contributed by atoms with Crippen molar-refractivity contribution in [3.63, 3.8) is 0 Å². The van der Waals surface area contributed by atoms with Gasteiger partial charge < -0.3 is 20.6 Å². The first-order valence-corrected chi connectivity index (χ1v) is 11.1. The van der Waals surface area contributed by atoms with E-state index in [-0.39, 0.29) is 11.3 Å². The monoisotopic (exact) mass is 517 g/mol. The second-order valence-corrected chi connectivity index (χ2v) is 8.13. The van der Waals surface area contributed by atoms with Crippen LogP contribution < -0.4 is 15.5 Å². The van der Waals surface area contributed by atoms with Gasteiger partial charge in [-0.05, 0) is 19.0 Å². The highest BCUT2D eigenvalue weighted by atomic mass is 32.1. The van der Waals surface area contributed by atoms with Gasteiger partial charge in [-0.15, -0.1) is 11.3 Å². The quantitative estimate of drug-likeness (QED) is 0.443. The van der Waals surface area contributed by atoms with Crippen molar-refractivity contribution in [2.24, 2.45) is 0 Å². The smallest absolute Gasteiger partial charge is 0.475 e. The first kappa shape index (κ1) is 26.2. The minimum absolute atomic E-state index is 0.101. The second-order valence-electron chi connectivity index (χ2n) is 7.27. The Kier molecular flexibility index (Phi) is 8.51. The van der Waals surface area contributed by atoms with Crippen molar-refractivity contribution in [2.75, 3.05) is 36.4 Å². The molecular formula is C21H20F5N5O3S. The van der Waals surface area contributed by atoms with Crippen LogP contribution in [0.5, 0.6) is 0 Å². The van der Waals surface area contributed by atoms with Crippen LogP contribution in [0.2, 0.25) is 0 Å². The first-order chi connectivity index (χ1) is 16.6. The number of carboxylic acid groups (broad SMARTS) is 1. The molecule has 0 unspecified atom stereocenters. The highest BCUT2D eigenvalue weighted by Crippen LogP contribution is 2.29. The highest BCUT2D eigenvalue weighted by Gasteiger charge is 2.38. The van der Waals surface area contributed by atoms with Crippen molar-refractivity contribution >= 4 is 45.1 Å². The lowest BCUT2D eigenvalue weighted by Gasteiger charge is -2.20. The van der Waals surface area contributed by atoms with Gasteiger partial charge in [-0.2, -0.15) is 13.2 Å². The van der Waals surface area contributed by atoms with Crippen molar-refractivity contribution in [3.05, 3.63) is 47.0 Å². The summed E-state index contributed by atoms with van der Waals surface area (Å²) in [5, 5.41) is 14.7. The number of nitrogens with zero attached hydrogens (tertiary/aromatic N) is 3. The van der Waals surface area contributed by atoms with E-state index >= 15 is 0 Å². The van der Waals surface area contributed by atoms with Crippen LogP contribution >= 0.6 is 11.3 Å². The van der Waals surface area contributed by atoms with Crippen LogP contribution in [0.3, 0.4) is 0 Å². The largest absolute Gasteiger partial charge is 0.490 e. The Morgan fingerprint density at radius 2 is 1.89 bits per heavy atom. The third kappa shape index (κ3) is 6.82. The number of anilines is 2. The number of aliphatic carboxylic acids is 1. The van der Waals surface area contributed by atoms with E-state index in [1.54, 1.807) is 17.6 Å². The molecule has 2 aromatic heterocycles. The van der Waals surface area contributed by atoms with Crippen LogP contribution in [0.1, 0.15) is 28.8 Å². The van der Waals surface area contributed by atoms with E-state index in [1.165, 1.54) is 29.5 Å². The van der Waals surface area contributed by atoms with Gasteiger partial charge in [0.2, 0.25) is 0 Å². The summed E-state index contributed by atoms with van der Waals surface area (Å²) < 4.78 is 58.1. The number of nitrogens with one attached hydrogen (secondary N) is 2. The fourth-order valence-corrected chi connectivity index (χ4v) is 4.01. The normalized spacial score (nSPS) is 14.3. The summed E-state index contributed by atoms with van der Waals surface area (Å²) in [6.45, 7) is 3.50. The van der Waals surface area contributed by atoms with Gasteiger partial charge in [0.25, 0.3) is 12.3 Å². The summed E-state index contributed by atoms with van der Waals surface area (Å²) in [5.41, 5.74) is 0.724. The van der Waals surface area contributed by atoms with E-state index in [4.69, 9.17) is 9.90 Å². The Morgan fingerprint density at radius 1 is 1.17 bits per heavy atom.